The number of fused-ring (bicyclic) bond motifs is 4. The fourth-order valence-corrected chi connectivity index (χ4v) is 4.51. The van der Waals surface area contributed by atoms with Gasteiger partial charge >= 0.3 is 6.18 Å². The van der Waals surface area contributed by atoms with Gasteiger partial charge < -0.3 is 4.90 Å². The molecule has 0 saturated carbocycles. The van der Waals surface area contributed by atoms with Gasteiger partial charge in [0.1, 0.15) is 23.8 Å². The average Bonchev–Trinajstić information content (AvgIpc) is 3.24. The summed E-state index contributed by atoms with van der Waals surface area (Å²) in [5.74, 6) is -0.271. The van der Waals surface area contributed by atoms with E-state index in [9.17, 15) is 22.0 Å². The van der Waals surface area contributed by atoms with Crippen LogP contribution in [0, 0.1) is 17.0 Å². The zero-order chi connectivity index (χ0) is 24.3. The van der Waals surface area contributed by atoms with Crippen molar-refractivity contribution in [2.45, 2.75) is 45.7 Å². The minimum atomic E-state index is -4.35. The van der Waals surface area contributed by atoms with Crippen molar-refractivity contribution >= 4 is 28.2 Å². The number of nitrogens with zero attached hydrogens (tertiary/aromatic N) is 5. The zero-order valence-corrected chi connectivity index (χ0v) is 18.6. The maximum Gasteiger partial charge on any atom is 0.393 e. The van der Waals surface area contributed by atoms with Crippen LogP contribution < -0.4 is 4.90 Å². The first-order valence-corrected chi connectivity index (χ1v) is 11.0. The van der Waals surface area contributed by atoms with Crippen molar-refractivity contribution in [2.75, 3.05) is 11.4 Å². The minimum absolute atomic E-state index is 0.0897. The van der Waals surface area contributed by atoms with Gasteiger partial charge in [0.25, 0.3) is 5.78 Å². The highest BCUT2D eigenvalue weighted by atomic mass is 19.4. The van der Waals surface area contributed by atoms with Crippen molar-refractivity contribution in [3.8, 4) is 0 Å². The molecule has 0 spiro atoms. The number of aryl methyl sites for hydroxylation is 1. The maximum atomic E-state index is 14.7. The highest BCUT2D eigenvalue weighted by Crippen LogP contribution is 2.43. The molecule has 1 aliphatic rings. The van der Waals surface area contributed by atoms with E-state index in [1.807, 2.05) is 0 Å². The molecule has 2 aromatic carbocycles. The molecule has 5 nitrogen and oxygen atoms in total. The van der Waals surface area contributed by atoms with Gasteiger partial charge in [0, 0.05) is 17.6 Å². The van der Waals surface area contributed by atoms with E-state index in [-0.39, 0.29) is 12.8 Å². The quantitative estimate of drug-likeness (QED) is 0.332. The van der Waals surface area contributed by atoms with Crippen molar-refractivity contribution < 1.29 is 22.0 Å². The van der Waals surface area contributed by atoms with Crippen LogP contribution in [0.1, 0.15) is 37.8 Å². The Morgan fingerprint density at radius 2 is 1.82 bits per heavy atom. The van der Waals surface area contributed by atoms with E-state index in [0.29, 0.717) is 53.1 Å². The topological polar surface area (TPSA) is 46.3 Å². The fourth-order valence-electron chi connectivity index (χ4n) is 4.51. The Morgan fingerprint density at radius 1 is 1.03 bits per heavy atom. The molecule has 0 saturated heterocycles. The molecule has 0 atom stereocenters. The normalized spacial score (nSPS) is 14.7. The van der Waals surface area contributed by atoms with Crippen LogP contribution in [-0.2, 0) is 12.8 Å². The Hall–Kier alpha value is -3.30. The monoisotopic (exact) mass is 475 g/mol. The molecule has 0 N–H and O–H groups in total. The van der Waals surface area contributed by atoms with E-state index >= 15 is 0 Å². The Labute approximate surface area is 192 Å². The van der Waals surface area contributed by atoms with Gasteiger partial charge in [-0.25, -0.2) is 8.78 Å². The molecule has 34 heavy (non-hydrogen) atoms. The molecular formula is C24H22F5N5. The summed E-state index contributed by atoms with van der Waals surface area (Å²) in [5, 5.41) is 8.41. The fraction of sp³-hybridized carbons (Fsp3) is 0.375. The lowest BCUT2D eigenvalue weighted by molar-refractivity contribution is -0.213. The lowest BCUT2D eigenvalue weighted by atomic mass is 9.83. The van der Waals surface area contributed by atoms with Gasteiger partial charge in [0.2, 0.25) is 0 Å². The summed E-state index contributed by atoms with van der Waals surface area (Å²) >= 11 is 0. The van der Waals surface area contributed by atoms with Gasteiger partial charge in [-0.2, -0.15) is 18.2 Å². The van der Waals surface area contributed by atoms with E-state index in [0.717, 1.165) is 19.4 Å². The molecule has 0 radical (unpaired) electrons. The van der Waals surface area contributed by atoms with Crippen LogP contribution >= 0.6 is 0 Å². The Morgan fingerprint density at radius 3 is 2.59 bits per heavy atom. The van der Waals surface area contributed by atoms with Gasteiger partial charge in [0.05, 0.1) is 10.9 Å². The number of benzene rings is 2. The molecule has 0 unspecified atom stereocenters. The van der Waals surface area contributed by atoms with Crippen LogP contribution in [-0.4, -0.2) is 32.3 Å². The summed E-state index contributed by atoms with van der Waals surface area (Å²) in [5.41, 5.74) is 0.624. The molecule has 10 heteroatoms. The first-order chi connectivity index (χ1) is 16.0. The van der Waals surface area contributed by atoms with E-state index in [4.69, 9.17) is 0 Å². The van der Waals surface area contributed by atoms with Crippen LogP contribution in [0.4, 0.5) is 33.5 Å². The molecule has 4 aromatic rings. The predicted molar refractivity (Wildman–Crippen MR) is 118 cm³/mol. The highest BCUT2D eigenvalue weighted by Gasteiger charge is 2.46. The average molecular weight is 475 g/mol. The second-order valence-electron chi connectivity index (χ2n) is 9.30. The third kappa shape index (κ3) is 3.74. The molecule has 1 aliphatic heterocycles. The maximum absolute atomic E-state index is 14.7. The number of anilines is 2. The minimum Gasteiger partial charge on any atom is -0.325 e. The van der Waals surface area contributed by atoms with E-state index in [1.54, 1.807) is 15.4 Å². The second-order valence-corrected chi connectivity index (χ2v) is 9.30. The van der Waals surface area contributed by atoms with Crippen LogP contribution in [0.25, 0.3) is 16.7 Å². The molecular weight excluding hydrogens is 453 g/mol. The summed E-state index contributed by atoms with van der Waals surface area (Å²) in [6.07, 6.45) is -1.65. The smallest absolute Gasteiger partial charge is 0.325 e. The Balaban J connectivity index is 1.63. The summed E-state index contributed by atoms with van der Waals surface area (Å²) in [6.45, 7) is 2.81. The van der Waals surface area contributed by atoms with Gasteiger partial charge in [-0.05, 0) is 67.1 Å². The summed E-state index contributed by atoms with van der Waals surface area (Å²) < 4.78 is 70.7. The number of halogens is 5. The standard InChI is InChI=1S/C24H22F5N5/c1-23(2,24(27,28)29)8-7-14-10-16(26)12-20-17(14)4-3-9-33(20)21-18-11-15(25)5-6-19(18)34-13-30-32-22(34)31-21/h5-6,10-13H,3-4,7-9H2,1-2H3. The van der Waals surface area contributed by atoms with E-state index in [1.165, 1.54) is 30.6 Å². The van der Waals surface area contributed by atoms with E-state index < -0.39 is 23.2 Å². The molecule has 0 aliphatic carbocycles. The molecule has 5 rings (SSSR count). The second kappa shape index (κ2) is 7.89. The lowest BCUT2D eigenvalue weighted by Crippen LogP contribution is -2.32. The number of rotatable bonds is 4. The summed E-state index contributed by atoms with van der Waals surface area (Å²) in [4.78, 5) is 6.38. The van der Waals surface area contributed by atoms with Crippen LogP contribution in [0.5, 0.6) is 0 Å². The Bertz CT molecular complexity index is 1390. The molecule has 178 valence electrons. The first kappa shape index (κ1) is 22.5. The molecule has 3 heterocycles. The van der Waals surface area contributed by atoms with Crippen LogP contribution in [0.2, 0.25) is 0 Å². The summed E-state index contributed by atoms with van der Waals surface area (Å²) in [7, 11) is 0. The summed E-state index contributed by atoms with van der Waals surface area (Å²) in [6, 6.07) is 6.98. The number of hydrogen-bond acceptors (Lipinski definition) is 4. The molecule has 0 amide bonds. The molecule has 0 bridgehead atoms. The van der Waals surface area contributed by atoms with Gasteiger partial charge in [-0.15, -0.1) is 10.2 Å². The van der Waals surface area contributed by atoms with Crippen molar-refractivity contribution in [1.82, 2.24) is 19.6 Å². The highest BCUT2D eigenvalue weighted by molar-refractivity contribution is 5.94. The third-order valence-electron chi connectivity index (χ3n) is 6.62. The third-order valence-corrected chi connectivity index (χ3v) is 6.62. The predicted octanol–water partition coefficient (Wildman–Crippen LogP) is 6.16. The van der Waals surface area contributed by atoms with Gasteiger partial charge in [0.15, 0.2) is 0 Å². The van der Waals surface area contributed by atoms with Crippen LogP contribution in [0.15, 0.2) is 36.7 Å². The van der Waals surface area contributed by atoms with Crippen molar-refractivity contribution in [2.24, 2.45) is 5.41 Å². The molecule has 2 aromatic heterocycles. The number of hydrogen-bond donors (Lipinski definition) is 0. The van der Waals surface area contributed by atoms with Crippen molar-refractivity contribution in [3.63, 3.8) is 0 Å². The zero-order valence-electron chi connectivity index (χ0n) is 18.6. The lowest BCUT2D eigenvalue weighted by Gasteiger charge is -2.33. The molecule has 0 fully saturated rings. The SMILES string of the molecule is CC(C)(CCc1cc(F)cc2c1CCCN2c1nc2nncn2c2ccc(F)cc12)C(F)(F)F. The van der Waals surface area contributed by atoms with Gasteiger partial charge in [-0.1, -0.05) is 13.8 Å². The van der Waals surface area contributed by atoms with Gasteiger partial charge in [-0.3, -0.25) is 4.40 Å². The first-order valence-electron chi connectivity index (χ1n) is 11.0. The number of alkyl halides is 3. The largest absolute Gasteiger partial charge is 0.393 e. The van der Waals surface area contributed by atoms with Crippen LogP contribution in [0.3, 0.4) is 0 Å². The van der Waals surface area contributed by atoms with Crippen molar-refractivity contribution in [1.29, 1.82) is 0 Å². The van der Waals surface area contributed by atoms with E-state index in [2.05, 4.69) is 15.2 Å². The Kier molecular flexibility index (Phi) is 5.22. The van der Waals surface area contributed by atoms with Crippen molar-refractivity contribution in [3.05, 3.63) is 59.4 Å². The number of aromatic nitrogens is 4.